The lowest BCUT2D eigenvalue weighted by molar-refractivity contribution is 0.416. The number of hydrogen-bond acceptors (Lipinski definition) is 3. The van der Waals surface area contributed by atoms with Crippen LogP contribution in [0.15, 0.2) is 255 Å². The van der Waals surface area contributed by atoms with Gasteiger partial charge < -0.3 is 14.2 Å². The predicted octanol–water partition coefficient (Wildman–Crippen LogP) is 33.4. The van der Waals surface area contributed by atoms with Crippen LogP contribution in [0.4, 0.5) is 8.78 Å². The number of halogens is 6. The van der Waals surface area contributed by atoms with Gasteiger partial charge in [0.25, 0.3) is 0 Å². The molecule has 3 nitrogen and oxygen atoms in total. The van der Waals surface area contributed by atoms with E-state index in [9.17, 15) is 8.78 Å². The summed E-state index contributed by atoms with van der Waals surface area (Å²) in [7, 11) is 5.02. The lowest BCUT2D eigenvalue weighted by Gasteiger charge is -2.24. The van der Waals surface area contributed by atoms with Gasteiger partial charge in [-0.3, -0.25) is 0 Å². The number of methoxy groups -OCH3 is 3. The van der Waals surface area contributed by atoms with Gasteiger partial charge in [-0.05, 0) is 225 Å². The average molecular weight is 1620 g/mol. The van der Waals surface area contributed by atoms with Crippen LogP contribution >= 0.6 is 46.4 Å². The van der Waals surface area contributed by atoms with Crippen LogP contribution in [-0.4, -0.2) is 21.3 Å². The molecule has 12 rings (SSSR count). The molecule has 0 bridgehead atoms. The van der Waals surface area contributed by atoms with E-state index < -0.39 is 0 Å². The first kappa shape index (κ1) is 93.2. The Hall–Kier alpha value is -8.94. The van der Waals surface area contributed by atoms with Crippen LogP contribution < -0.4 is 14.2 Å². The molecule has 0 unspecified atom stereocenters. The van der Waals surface area contributed by atoms with Gasteiger partial charge in [0.05, 0.1) is 26.4 Å². The molecule has 12 aromatic carbocycles. The van der Waals surface area contributed by atoms with Crippen molar-refractivity contribution in [2.45, 2.75) is 204 Å². The van der Waals surface area contributed by atoms with E-state index >= 15 is 0 Å². The van der Waals surface area contributed by atoms with Gasteiger partial charge in [0.15, 0.2) is 0 Å². The van der Waals surface area contributed by atoms with Crippen LogP contribution in [-0.2, 0) is 32.5 Å². The van der Waals surface area contributed by atoms with Crippen LogP contribution in [0.25, 0.3) is 66.8 Å². The molecule has 0 atom stereocenters. The van der Waals surface area contributed by atoms with Crippen molar-refractivity contribution in [3.05, 3.63) is 337 Å². The molecular formula is C106H122Cl4F2O3. The quantitative estimate of drug-likeness (QED) is 0.129. The second kappa shape index (κ2) is 40.3. The fraction of sp³-hybridized carbons (Fsp3) is 0.321. The molecule has 9 heteroatoms. The van der Waals surface area contributed by atoms with Crippen LogP contribution in [0.1, 0.15) is 214 Å². The zero-order chi connectivity index (χ0) is 85.3. The summed E-state index contributed by atoms with van der Waals surface area (Å²) in [4.78, 5) is 0. The zero-order valence-electron chi connectivity index (χ0n) is 72.9. The molecule has 0 saturated heterocycles. The van der Waals surface area contributed by atoms with Gasteiger partial charge in [0, 0.05) is 37.3 Å². The average Bonchev–Trinajstić information content (AvgIpc) is 0.813. The van der Waals surface area contributed by atoms with Gasteiger partial charge >= 0.3 is 0 Å². The van der Waals surface area contributed by atoms with E-state index in [4.69, 9.17) is 60.6 Å². The Kier molecular flexibility index (Phi) is 32.7. The van der Waals surface area contributed by atoms with Crippen LogP contribution in [0.2, 0.25) is 20.1 Å². The van der Waals surface area contributed by atoms with E-state index in [1.165, 1.54) is 72.3 Å². The molecule has 606 valence electrons. The zero-order valence-corrected chi connectivity index (χ0v) is 75.9. The van der Waals surface area contributed by atoms with Gasteiger partial charge in [0.1, 0.15) is 28.9 Å². The molecule has 0 N–H and O–H groups in total. The van der Waals surface area contributed by atoms with Crippen LogP contribution in [0, 0.1) is 18.6 Å². The number of benzene rings is 12. The van der Waals surface area contributed by atoms with Crippen molar-refractivity contribution in [3.8, 4) is 84.0 Å². The highest BCUT2D eigenvalue weighted by Gasteiger charge is 2.27. The summed E-state index contributed by atoms with van der Waals surface area (Å²) in [5, 5.41) is 2.85. The van der Waals surface area contributed by atoms with Crippen molar-refractivity contribution in [2.24, 2.45) is 0 Å². The van der Waals surface area contributed by atoms with Gasteiger partial charge in [-0.15, -0.1) is 0 Å². The maximum Gasteiger partial charge on any atom is 0.145 e. The molecule has 115 heavy (non-hydrogen) atoms. The molecule has 0 amide bonds. The third-order valence-electron chi connectivity index (χ3n) is 20.0. The van der Waals surface area contributed by atoms with E-state index in [0.717, 1.165) is 66.2 Å². The van der Waals surface area contributed by atoms with Gasteiger partial charge in [-0.1, -0.05) is 375 Å². The second-order valence-electron chi connectivity index (χ2n) is 36.1. The summed E-state index contributed by atoms with van der Waals surface area (Å²) < 4.78 is 44.6. The number of aryl methyl sites for hydroxylation is 1. The lowest BCUT2D eigenvalue weighted by Crippen LogP contribution is -2.13. The van der Waals surface area contributed by atoms with Crippen molar-refractivity contribution in [3.63, 3.8) is 0 Å². The Labute approximate surface area is 709 Å². The lowest BCUT2D eigenvalue weighted by atomic mass is 9.81. The van der Waals surface area contributed by atoms with Gasteiger partial charge in [0.2, 0.25) is 0 Å². The van der Waals surface area contributed by atoms with Crippen molar-refractivity contribution < 1.29 is 23.0 Å². The summed E-state index contributed by atoms with van der Waals surface area (Å²) in [5.41, 5.74) is 24.5. The molecular weight excluding hydrogens is 1500 g/mol. The van der Waals surface area contributed by atoms with Crippen LogP contribution in [0.5, 0.6) is 17.2 Å². The molecule has 0 spiro atoms. The minimum Gasteiger partial charge on any atom is -0.496 e. The highest BCUT2D eigenvalue weighted by Crippen LogP contribution is 2.45. The van der Waals surface area contributed by atoms with Crippen molar-refractivity contribution >= 4 is 46.4 Å². The number of rotatable bonds is 11. The summed E-state index contributed by atoms with van der Waals surface area (Å²) in [5.74, 6) is 2.81. The molecule has 0 aliphatic carbocycles. The van der Waals surface area contributed by atoms with E-state index in [0.29, 0.717) is 27.4 Å². The minimum atomic E-state index is -0.157. The third kappa shape index (κ3) is 25.8. The Balaban J connectivity index is 0.000000191. The Morgan fingerprint density at radius 2 is 0.635 bits per heavy atom. The fourth-order valence-electron chi connectivity index (χ4n) is 14.1. The number of hydrogen-bond donors (Lipinski definition) is 0. The van der Waals surface area contributed by atoms with E-state index in [1.54, 1.807) is 39.5 Å². The Bertz CT molecular complexity index is 5120. The highest BCUT2D eigenvalue weighted by molar-refractivity contribution is 6.33. The molecule has 0 radical (unpaired) electrons. The Morgan fingerprint density at radius 1 is 0.270 bits per heavy atom. The number of para-hydroxylation sites is 1. The van der Waals surface area contributed by atoms with Gasteiger partial charge in [-0.25, -0.2) is 8.78 Å². The summed E-state index contributed by atoms with van der Waals surface area (Å²) in [6.07, 6.45) is 0. The number of ether oxygens (including phenoxy) is 3. The SMILES string of the molecule is CC(C)c1cc(F)cc(-c2ccccc2C(C)(C)C)c1.CC(C)c1ccc(F)c(-c2ccccc2C(C)(C)C)c1.COc1c(Cl)cccc1-c1ccccc1C(C)(C)C.COc1cc(Cl)ccc1-c1ccccc1C(C)(C)C.COc1ccc(Cl)cc1-c1ccccc1C(C)(C)C.Cc1cc(Cl)cc(-c2ccccc2C(C)(C)C)c1. The first-order valence-electron chi connectivity index (χ1n) is 39.7. The van der Waals surface area contributed by atoms with Crippen molar-refractivity contribution in [1.29, 1.82) is 0 Å². The topological polar surface area (TPSA) is 27.7 Å². The Morgan fingerprint density at radius 3 is 1.04 bits per heavy atom. The minimum absolute atomic E-state index is 0.00311. The third-order valence-corrected chi connectivity index (χ3v) is 21.0. The molecule has 0 aliphatic rings. The highest BCUT2D eigenvalue weighted by atomic mass is 35.5. The maximum absolute atomic E-state index is 14.3. The molecule has 0 heterocycles. The summed E-state index contributed by atoms with van der Waals surface area (Å²) in [6, 6.07) is 84.6. The predicted molar refractivity (Wildman–Crippen MR) is 496 cm³/mol. The van der Waals surface area contributed by atoms with Crippen LogP contribution in [0.3, 0.4) is 0 Å². The monoisotopic (exact) mass is 1620 g/mol. The first-order chi connectivity index (χ1) is 53.8. The standard InChI is InChI=1S/2C19H23F.3C17H19ClO.C17H19Cl/c1-13(2)14-10-15(12-16(20)11-14)17-8-6-7-9-18(17)19(3,4)5;1-13(2)14-10-11-18(20)16(12-14)15-8-6-7-9-17(15)19(3,4)5;1-17(2,3)14-10-6-5-8-12(14)13-9-7-11-15(18)16(13)19-4;1-17(2,3)15-8-6-5-7-13(15)14-11-12(18)9-10-16(14)19-4;1-17(2,3)15-8-6-5-7-13(15)14-10-9-12(18)11-16(14)19-4;1-12-9-13(11-14(18)10-12)15-7-5-6-8-16(15)17(2,3)4/h2*6-13H,1-5H3;3*5-11H,1-4H3;5-11H,1-4H3. The van der Waals surface area contributed by atoms with Gasteiger partial charge in [-0.2, -0.15) is 0 Å². The maximum atomic E-state index is 14.3. The molecule has 0 fully saturated rings. The largest absolute Gasteiger partial charge is 0.496 e. The summed E-state index contributed by atoms with van der Waals surface area (Å²) >= 11 is 24.6. The first-order valence-corrected chi connectivity index (χ1v) is 41.3. The summed E-state index contributed by atoms with van der Waals surface area (Å²) in [6.45, 7) is 50.2. The van der Waals surface area contributed by atoms with E-state index in [2.05, 4.69) is 281 Å². The molecule has 0 saturated carbocycles. The molecule has 0 aromatic heterocycles. The van der Waals surface area contributed by atoms with Crippen molar-refractivity contribution in [1.82, 2.24) is 0 Å². The normalized spacial score (nSPS) is 11.6. The molecule has 0 aliphatic heterocycles. The van der Waals surface area contributed by atoms with E-state index in [1.807, 2.05) is 115 Å². The second-order valence-corrected chi connectivity index (χ2v) is 37.8. The fourth-order valence-corrected chi connectivity index (χ4v) is 14.9. The van der Waals surface area contributed by atoms with Crippen molar-refractivity contribution in [2.75, 3.05) is 21.3 Å². The van der Waals surface area contributed by atoms with E-state index in [-0.39, 0.29) is 44.1 Å². The molecule has 12 aromatic rings. The smallest absolute Gasteiger partial charge is 0.145 e.